The maximum Gasteiger partial charge on any atom is 0.131 e. The lowest BCUT2D eigenvalue weighted by Crippen LogP contribution is -2.17. The number of aryl methyl sites for hydroxylation is 2. The number of hydrogen-bond acceptors (Lipinski definition) is 4. The standard InChI is InChI=1S/C41H54N2O2/c1-10-11-12-13-14-33(34-25-36(40(4,5)6)38(23-27(34)2)44-31-19-15-29(42)16-20-31)35-26-37(41(7,8)9)39(24-28(35)3)45-32-21-17-30(43)18-22-32/h15-26,33H,10-14,42-43H2,1-9H3. The molecule has 0 aliphatic carbocycles. The highest BCUT2D eigenvalue weighted by Crippen LogP contribution is 2.44. The molecule has 0 saturated carbocycles. The first-order valence-corrected chi connectivity index (χ1v) is 16.5. The van der Waals surface area contributed by atoms with Gasteiger partial charge in [-0.15, -0.1) is 0 Å². The molecule has 0 saturated heterocycles. The Morgan fingerprint density at radius 3 is 1.33 bits per heavy atom. The van der Waals surface area contributed by atoms with Crippen LogP contribution in [0.15, 0.2) is 72.8 Å². The van der Waals surface area contributed by atoms with E-state index in [0.29, 0.717) is 0 Å². The van der Waals surface area contributed by atoms with Gasteiger partial charge in [-0.05, 0) is 114 Å². The average molecular weight is 607 g/mol. The Balaban J connectivity index is 1.85. The van der Waals surface area contributed by atoms with E-state index in [2.05, 4.69) is 86.6 Å². The van der Waals surface area contributed by atoms with Crippen LogP contribution in [0.3, 0.4) is 0 Å². The van der Waals surface area contributed by atoms with Crippen molar-refractivity contribution in [3.63, 3.8) is 0 Å². The highest BCUT2D eigenvalue weighted by molar-refractivity contribution is 5.55. The van der Waals surface area contributed by atoms with Crippen molar-refractivity contribution in [3.05, 3.63) is 106 Å². The molecule has 0 atom stereocenters. The van der Waals surface area contributed by atoms with Gasteiger partial charge < -0.3 is 20.9 Å². The molecule has 0 fully saturated rings. The van der Waals surface area contributed by atoms with Gasteiger partial charge in [0.1, 0.15) is 23.0 Å². The number of anilines is 2. The van der Waals surface area contributed by atoms with E-state index in [0.717, 1.165) is 40.8 Å². The van der Waals surface area contributed by atoms with Crippen LogP contribution in [-0.4, -0.2) is 0 Å². The molecule has 4 nitrogen and oxygen atoms in total. The van der Waals surface area contributed by atoms with Crippen LogP contribution in [0.2, 0.25) is 0 Å². The second-order valence-corrected chi connectivity index (χ2v) is 14.7. The number of rotatable bonds is 11. The first kappa shape index (κ1) is 34.0. The van der Waals surface area contributed by atoms with E-state index in [1.165, 1.54) is 59.1 Å². The molecule has 240 valence electrons. The number of ether oxygens (including phenoxy) is 2. The fraction of sp³-hybridized carbons (Fsp3) is 0.415. The molecule has 0 bridgehead atoms. The van der Waals surface area contributed by atoms with Gasteiger partial charge in [-0.3, -0.25) is 0 Å². The molecule has 4 heteroatoms. The Morgan fingerprint density at radius 2 is 0.978 bits per heavy atom. The normalized spacial score (nSPS) is 12.0. The maximum atomic E-state index is 6.51. The molecule has 4 N–H and O–H groups in total. The molecule has 45 heavy (non-hydrogen) atoms. The van der Waals surface area contributed by atoms with Gasteiger partial charge in [0.25, 0.3) is 0 Å². The zero-order chi connectivity index (χ0) is 32.9. The molecular weight excluding hydrogens is 552 g/mol. The first-order chi connectivity index (χ1) is 21.2. The van der Waals surface area contributed by atoms with E-state index in [1.54, 1.807) is 0 Å². The van der Waals surface area contributed by atoms with Crippen molar-refractivity contribution in [2.24, 2.45) is 0 Å². The molecule has 4 aromatic rings. The zero-order valence-corrected chi connectivity index (χ0v) is 29.0. The molecular formula is C41H54N2O2. The molecule has 0 heterocycles. The van der Waals surface area contributed by atoms with Gasteiger partial charge in [0.2, 0.25) is 0 Å². The predicted octanol–water partition coefficient (Wildman–Crippen LogP) is 11.7. The summed E-state index contributed by atoms with van der Waals surface area (Å²) in [6.07, 6.45) is 5.99. The Morgan fingerprint density at radius 1 is 0.578 bits per heavy atom. The minimum Gasteiger partial charge on any atom is -0.457 e. The van der Waals surface area contributed by atoms with Crippen molar-refractivity contribution in [3.8, 4) is 23.0 Å². The van der Waals surface area contributed by atoms with Crippen LogP contribution in [0.25, 0.3) is 0 Å². The summed E-state index contributed by atoms with van der Waals surface area (Å²) in [5, 5.41) is 0. The highest BCUT2D eigenvalue weighted by atomic mass is 16.5. The van der Waals surface area contributed by atoms with Crippen LogP contribution in [-0.2, 0) is 10.8 Å². The lowest BCUT2D eigenvalue weighted by Gasteiger charge is -2.30. The Hall–Kier alpha value is -3.92. The van der Waals surface area contributed by atoms with Gasteiger partial charge in [0, 0.05) is 28.4 Å². The van der Waals surface area contributed by atoms with Crippen molar-refractivity contribution in [2.45, 2.75) is 111 Å². The number of nitrogen functional groups attached to an aromatic ring is 2. The largest absolute Gasteiger partial charge is 0.457 e. The molecule has 0 aliphatic rings. The third kappa shape index (κ3) is 8.63. The van der Waals surface area contributed by atoms with Crippen LogP contribution in [0.5, 0.6) is 23.0 Å². The SMILES string of the molecule is CCCCCCC(c1cc(C(C)(C)C)c(Oc2ccc(N)cc2)cc1C)c1cc(C(C)(C)C)c(Oc2ccc(N)cc2)cc1C. The third-order valence-electron chi connectivity index (χ3n) is 8.67. The number of hydrogen-bond donors (Lipinski definition) is 2. The van der Waals surface area contributed by atoms with Crippen LogP contribution in [0.1, 0.15) is 120 Å². The molecule has 4 aromatic carbocycles. The number of unbranched alkanes of at least 4 members (excludes halogenated alkanes) is 3. The second-order valence-electron chi connectivity index (χ2n) is 14.7. The van der Waals surface area contributed by atoms with Crippen LogP contribution in [0, 0.1) is 13.8 Å². The van der Waals surface area contributed by atoms with Gasteiger partial charge >= 0.3 is 0 Å². The van der Waals surface area contributed by atoms with Crippen LogP contribution in [0.4, 0.5) is 11.4 Å². The summed E-state index contributed by atoms with van der Waals surface area (Å²) in [5.41, 5.74) is 20.8. The van der Waals surface area contributed by atoms with Crippen molar-refractivity contribution in [1.29, 1.82) is 0 Å². The maximum absolute atomic E-state index is 6.51. The Bertz CT molecular complexity index is 1460. The van der Waals surface area contributed by atoms with E-state index < -0.39 is 0 Å². The summed E-state index contributed by atoms with van der Waals surface area (Å²) in [4.78, 5) is 0. The summed E-state index contributed by atoms with van der Waals surface area (Å²) in [7, 11) is 0. The smallest absolute Gasteiger partial charge is 0.131 e. The van der Waals surface area contributed by atoms with Gasteiger partial charge in [0.15, 0.2) is 0 Å². The van der Waals surface area contributed by atoms with Crippen LogP contribution >= 0.6 is 0 Å². The topological polar surface area (TPSA) is 70.5 Å². The first-order valence-electron chi connectivity index (χ1n) is 16.5. The monoisotopic (exact) mass is 606 g/mol. The molecule has 0 aliphatic heterocycles. The molecule has 0 radical (unpaired) electrons. The summed E-state index contributed by atoms with van der Waals surface area (Å²) in [5.74, 6) is 3.64. The fourth-order valence-corrected chi connectivity index (χ4v) is 6.07. The van der Waals surface area contributed by atoms with Gasteiger partial charge in [0.05, 0.1) is 0 Å². The quantitative estimate of drug-likeness (QED) is 0.132. The molecule has 0 amide bonds. The molecule has 0 unspecified atom stereocenters. The van der Waals surface area contributed by atoms with E-state index in [4.69, 9.17) is 20.9 Å². The molecule has 4 rings (SSSR count). The minimum atomic E-state index is -0.110. The van der Waals surface area contributed by atoms with E-state index >= 15 is 0 Å². The highest BCUT2D eigenvalue weighted by Gasteiger charge is 2.28. The van der Waals surface area contributed by atoms with Crippen molar-refractivity contribution in [2.75, 3.05) is 11.5 Å². The second kappa shape index (κ2) is 14.0. The van der Waals surface area contributed by atoms with E-state index in [9.17, 15) is 0 Å². The minimum absolute atomic E-state index is 0.110. The Kier molecular flexibility index (Phi) is 10.6. The summed E-state index contributed by atoms with van der Waals surface area (Å²) in [6.45, 7) is 20.3. The van der Waals surface area contributed by atoms with Crippen molar-refractivity contribution in [1.82, 2.24) is 0 Å². The van der Waals surface area contributed by atoms with E-state index in [-0.39, 0.29) is 16.7 Å². The molecule has 0 aromatic heterocycles. The lowest BCUT2D eigenvalue weighted by molar-refractivity contribution is 0.453. The predicted molar refractivity (Wildman–Crippen MR) is 192 cm³/mol. The summed E-state index contributed by atoms with van der Waals surface area (Å²) < 4.78 is 13.0. The van der Waals surface area contributed by atoms with Crippen molar-refractivity contribution >= 4 is 11.4 Å². The van der Waals surface area contributed by atoms with E-state index in [1.807, 2.05) is 48.5 Å². The van der Waals surface area contributed by atoms with Crippen LogP contribution < -0.4 is 20.9 Å². The lowest BCUT2D eigenvalue weighted by atomic mass is 9.76. The molecule has 0 spiro atoms. The van der Waals surface area contributed by atoms with Gasteiger partial charge in [-0.25, -0.2) is 0 Å². The number of nitrogens with two attached hydrogens (primary N) is 2. The van der Waals surface area contributed by atoms with Crippen molar-refractivity contribution < 1.29 is 9.47 Å². The van der Waals surface area contributed by atoms with Gasteiger partial charge in [-0.1, -0.05) is 86.3 Å². The summed E-state index contributed by atoms with van der Waals surface area (Å²) >= 11 is 0. The van der Waals surface area contributed by atoms with Gasteiger partial charge in [-0.2, -0.15) is 0 Å². The average Bonchev–Trinajstić information content (AvgIpc) is 2.95. The zero-order valence-electron chi connectivity index (χ0n) is 29.0. The Labute approximate surface area is 272 Å². The fourth-order valence-electron chi connectivity index (χ4n) is 6.07. The summed E-state index contributed by atoms with van der Waals surface area (Å²) in [6, 6.07) is 24.6. The third-order valence-corrected chi connectivity index (χ3v) is 8.67. The number of benzene rings is 4.